The van der Waals surface area contributed by atoms with Crippen LogP contribution in [0, 0.1) is 0 Å². The largest absolute Gasteiger partial charge is 0.469 e. The van der Waals surface area contributed by atoms with Crippen molar-refractivity contribution in [3.8, 4) is 0 Å². The summed E-state index contributed by atoms with van der Waals surface area (Å²) in [6.07, 6.45) is 13.1. The molecule has 0 aromatic rings. The Morgan fingerprint density at radius 1 is 0.783 bits per heavy atom. The summed E-state index contributed by atoms with van der Waals surface area (Å²) in [7, 11) is 1.43. The highest BCUT2D eigenvalue weighted by Crippen LogP contribution is 2.14. The van der Waals surface area contributed by atoms with Gasteiger partial charge in [0.15, 0.2) is 0 Å². The topological polar surface area (TPSA) is 66.8 Å². The van der Waals surface area contributed by atoms with Crippen molar-refractivity contribution >= 4 is 5.97 Å². The smallest absolute Gasteiger partial charge is 0.305 e. The Balaban J connectivity index is 3.33. The number of hydrogen-bond donors (Lipinski definition) is 2. The second-order valence-corrected chi connectivity index (χ2v) is 6.62. The third kappa shape index (κ3) is 16.0. The quantitative estimate of drug-likeness (QED) is 0.326. The molecule has 0 saturated carbocycles. The van der Waals surface area contributed by atoms with Crippen molar-refractivity contribution in [2.45, 2.75) is 109 Å². The van der Waals surface area contributed by atoms with Crippen molar-refractivity contribution in [1.29, 1.82) is 0 Å². The molecule has 0 bridgehead atoms. The van der Waals surface area contributed by atoms with Crippen molar-refractivity contribution in [1.82, 2.24) is 0 Å². The first kappa shape index (κ1) is 22.4. The van der Waals surface area contributed by atoms with Crippen LogP contribution in [0.1, 0.15) is 96.8 Å². The summed E-state index contributed by atoms with van der Waals surface area (Å²) in [6, 6.07) is 0. The number of methoxy groups -OCH3 is 1. The van der Waals surface area contributed by atoms with Gasteiger partial charge in [0.25, 0.3) is 0 Å². The lowest BCUT2D eigenvalue weighted by Crippen LogP contribution is -2.13. The summed E-state index contributed by atoms with van der Waals surface area (Å²) in [5, 5.41) is 19.8. The van der Waals surface area contributed by atoms with E-state index in [4.69, 9.17) is 0 Å². The van der Waals surface area contributed by atoms with Crippen LogP contribution in [0.15, 0.2) is 0 Å². The molecule has 0 aliphatic carbocycles. The Morgan fingerprint density at radius 2 is 1.26 bits per heavy atom. The highest BCUT2D eigenvalue weighted by atomic mass is 16.5. The molecule has 138 valence electrons. The SMILES string of the molecule is CCCCC[C@H](O)CC[C@H](O)CCCCCCCCC(=O)OC. The number of carbonyl (C=O) groups is 1. The maximum absolute atomic E-state index is 10.9. The molecule has 0 aliphatic heterocycles. The van der Waals surface area contributed by atoms with Crippen LogP contribution in [0.2, 0.25) is 0 Å². The number of carbonyl (C=O) groups excluding carboxylic acids is 1. The first-order chi connectivity index (χ1) is 11.1. The fourth-order valence-corrected chi connectivity index (χ4v) is 2.76. The minimum Gasteiger partial charge on any atom is -0.469 e. The van der Waals surface area contributed by atoms with E-state index in [1.165, 1.54) is 20.0 Å². The first-order valence-corrected chi connectivity index (χ1v) is 9.53. The summed E-state index contributed by atoms with van der Waals surface area (Å²) >= 11 is 0. The van der Waals surface area contributed by atoms with Crippen LogP contribution in [0.25, 0.3) is 0 Å². The first-order valence-electron chi connectivity index (χ1n) is 9.53. The number of ether oxygens (including phenoxy) is 1. The summed E-state index contributed by atoms with van der Waals surface area (Å²) in [6.45, 7) is 2.16. The van der Waals surface area contributed by atoms with Crippen molar-refractivity contribution in [3.63, 3.8) is 0 Å². The van der Waals surface area contributed by atoms with E-state index in [2.05, 4.69) is 11.7 Å². The van der Waals surface area contributed by atoms with E-state index in [0.717, 1.165) is 64.2 Å². The summed E-state index contributed by atoms with van der Waals surface area (Å²) in [5.74, 6) is -0.120. The predicted octanol–water partition coefficient (Wildman–Crippen LogP) is 4.36. The minimum absolute atomic E-state index is 0.120. The molecule has 0 aromatic carbocycles. The van der Waals surface area contributed by atoms with Gasteiger partial charge >= 0.3 is 5.97 Å². The average molecular weight is 331 g/mol. The van der Waals surface area contributed by atoms with Gasteiger partial charge in [-0.15, -0.1) is 0 Å². The molecule has 2 atom stereocenters. The third-order valence-corrected chi connectivity index (χ3v) is 4.37. The average Bonchev–Trinajstić information content (AvgIpc) is 2.55. The van der Waals surface area contributed by atoms with E-state index in [9.17, 15) is 15.0 Å². The molecule has 0 rings (SSSR count). The minimum atomic E-state index is -0.268. The number of aliphatic hydroxyl groups excluding tert-OH is 2. The maximum atomic E-state index is 10.9. The van der Waals surface area contributed by atoms with Gasteiger partial charge in [-0.25, -0.2) is 0 Å². The molecule has 0 saturated heterocycles. The van der Waals surface area contributed by atoms with Crippen LogP contribution < -0.4 is 0 Å². The van der Waals surface area contributed by atoms with Crippen molar-refractivity contribution in [3.05, 3.63) is 0 Å². The van der Waals surface area contributed by atoms with E-state index in [-0.39, 0.29) is 18.2 Å². The zero-order valence-corrected chi connectivity index (χ0v) is 15.3. The predicted molar refractivity (Wildman–Crippen MR) is 94.3 cm³/mol. The zero-order valence-electron chi connectivity index (χ0n) is 15.3. The Bertz CT molecular complexity index is 268. The lowest BCUT2D eigenvalue weighted by molar-refractivity contribution is -0.140. The molecule has 0 unspecified atom stereocenters. The lowest BCUT2D eigenvalue weighted by atomic mass is 10.0. The molecule has 0 aliphatic rings. The molecule has 4 nitrogen and oxygen atoms in total. The van der Waals surface area contributed by atoms with Crippen LogP contribution in [-0.4, -0.2) is 35.5 Å². The van der Waals surface area contributed by atoms with Crippen LogP contribution >= 0.6 is 0 Å². The van der Waals surface area contributed by atoms with Gasteiger partial charge in [-0.2, -0.15) is 0 Å². The molecule has 0 aromatic heterocycles. The molecule has 4 heteroatoms. The van der Waals surface area contributed by atoms with E-state index in [0.29, 0.717) is 12.8 Å². The summed E-state index contributed by atoms with van der Waals surface area (Å²) < 4.78 is 4.60. The van der Waals surface area contributed by atoms with Crippen molar-refractivity contribution in [2.24, 2.45) is 0 Å². The van der Waals surface area contributed by atoms with E-state index < -0.39 is 0 Å². The van der Waals surface area contributed by atoms with Crippen molar-refractivity contribution < 1.29 is 19.7 Å². The molecule has 0 spiro atoms. The Hall–Kier alpha value is -0.610. The van der Waals surface area contributed by atoms with Crippen molar-refractivity contribution in [2.75, 3.05) is 7.11 Å². The normalized spacial score (nSPS) is 13.7. The standard InChI is InChI=1S/C19H38O4/c1-3-4-9-12-17(20)15-16-18(21)13-10-7-5-6-8-11-14-19(22)23-2/h17-18,20-21H,3-16H2,1-2H3/t17-,18+/m0/s1. The van der Waals surface area contributed by atoms with E-state index in [1.54, 1.807) is 0 Å². The number of hydrogen-bond acceptors (Lipinski definition) is 4. The van der Waals surface area contributed by atoms with Gasteiger partial charge < -0.3 is 14.9 Å². The molecule has 0 radical (unpaired) electrons. The highest BCUT2D eigenvalue weighted by Gasteiger charge is 2.09. The molecule has 0 heterocycles. The monoisotopic (exact) mass is 330 g/mol. The van der Waals surface area contributed by atoms with Crippen LogP contribution in [-0.2, 0) is 9.53 Å². The molecule has 0 amide bonds. The van der Waals surface area contributed by atoms with E-state index >= 15 is 0 Å². The molecule has 2 N–H and O–H groups in total. The van der Waals surface area contributed by atoms with Crippen LogP contribution in [0.5, 0.6) is 0 Å². The van der Waals surface area contributed by atoms with Crippen LogP contribution in [0.4, 0.5) is 0 Å². The van der Waals surface area contributed by atoms with Gasteiger partial charge in [-0.05, 0) is 32.1 Å². The van der Waals surface area contributed by atoms with Gasteiger partial charge in [0.1, 0.15) is 0 Å². The second-order valence-electron chi connectivity index (χ2n) is 6.62. The zero-order chi connectivity index (χ0) is 17.3. The van der Waals surface area contributed by atoms with Crippen LogP contribution in [0.3, 0.4) is 0 Å². The number of rotatable bonds is 16. The Kier molecular flexibility index (Phi) is 15.8. The molecule has 23 heavy (non-hydrogen) atoms. The van der Waals surface area contributed by atoms with Gasteiger partial charge in [-0.3, -0.25) is 4.79 Å². The molecular formula is C19H38O4. The van der Waals surface area contributed by atoms with Gasteiger partial charge in [0, 0.05) is 6.42 Å². The van der Waals surface area contributed by atoms with Gasteiger partial charge in [0.05, 0.1) is 19.3 Å². The molecular weight excluding hydrogens is 292 g/mol. The summed E-state index contributed by atoms with van der Waals surface area (Å²) in [4.78, 5) is 10.9. The number of aliphatic hydroxyl groups is 2. The van der Waals surface area contributed by atoms with Gasteiger partial charge in [0.2, 0.25) is 0 Å². The summed E-state index contributed by atoms with van der Waals surface area (Å²) in [5.41, 5.74) is 0. The highest BCUT2D eigenvalue weighted by molar-refractivity contribution is 5.68. The molecule has 0 fully saturated rings. The van der Waals surface area contributed by atoms with Gasteiger partial charge in [-0.1, -0.05) is 58.3 Å². The third-order valence-electron chi connectivity index (χ3n) is 4.37. The fourth-order valence-electron chi connectivity index (χ4n) is 2.76. The Labute approximate surface area is 142 Å². The van der Waals surface area contributed by atoms with E-state index in [1.807, 2.05) is 0 Å². The number of esters is 1. The fraction of sp³-hybridized carbons (Fsp3) is 0.947. The second kappa shape index (κ2) is 16.3. The number of unbranched alkanes of at least 4 members (excludes halogenated alkanes) is 7. The Morgan fingerprint density at radius 3 is 1.78 bits per heavy atom. The lowest BCUT2D eigenvalue weighted by Gasteiger charge is -2.14. The maximum Gasteiger partial charge on any atom is 0.305 e.